The first kappa shape index (κ1) is 9.15. The Hall–Kier alpha value is -1.42. The SMILES string of the molecule is Cc1ccc([N+](=O)[O-])c2c(C)csc12. The summed E-state index contributed by atoms with van der Waals surface area (Å²) in [5, 5.41) is 13.5. The quantitative estimate of drug-likeness (QED) is 0.531. The van der Waals surface area contributed by atoms with Crippen molar-refractivity contribution in [1.29, 1.82) is 0 Å². The van der Waals surface area contributed by atoms with E-state index in [-0.39, 0.29) is 10.6 Å². The summed E-state index contributed by atoms with van der Waals surface area (Å²) in [6, 6.07) is 3.38. The maximum Gasteiger partial charge on any atom is 0.278 e. The summed E-state index contributed by atoms with van der Waals surface area (Å²) in [7, 11) is 0. The van der Waals surface area contributed by atoms with Crippen molar-refractivity contribution < 1.29 is 4.92 Å². The first-order valence-electron chi connectivity index (χ1n) is 4.23. The third-order valence-corrected chi connectivity index (χ3v) is 3.51. The summed E-state index contributed by atoms with van der Waals surface area (Å²) in [6.07, 6.45) is 0. The van der Waals surface area contributed by atoms with Gasteiger partial charge in [-0.25, -0.2) is 0 Å². The van der Waals surface area contributed by atoms with Crippen LogP contribution < -0.4 is 0 Å². The van der Waals surface area contributed by atoms with Gasteiger partial charge in [0.2, 0.25) is 0 Å². The van der Waals surface area contributed by atoms with Gasteiger partial charge in [0, 0.05) is 10.8 Å². The number of fused-ring (bicyclic) bond motifs is 1. The lowest BCUT2D eigenvalue weighted by Crippen LogP contribution is -1.89. The fourth-order valence-corrected chi connectivity index (χ4v) is 2.62. The Bertz CT molecular complexity index is 516. The van der Waals surface area contributed by atoms with Gasteiger partial charge < -0.3 is 0 Å². The molecule has 0 bridgehead atoms. The Labute approximate surface area is 85.1 Å². The van der Waals surface area contributed by atoms with Gasteiger partial charge in [-0.15, -0.1) is 11.3 Å². The molecular weight excluding hydrogens is 198 g/mol. The van der Waals surface area contributed by atoms with Crippen LogP contribution in [0.3, 0.4) is 0 Å². The van der Waals surface area contributed by atoms with E-state index in [9.17, 15) is 10.1 Å². The van der Waals surface area contributed by atoms with Crippen LogP contribution in [0.4, 0.5) is 5.69 Å². The summed E-state index contributed by atoms with van der Waals surface area (Å²) in [5.41, 5.74) is 2.30. The van der Waals surface area contributed by atoms with Crippen molar-refractivity contribution in [2.45, 2.75) is 13.8 Å². The van der Waals surface area contributed by atoms with Crippen LogP contribution in [0, 0.1) is 24.0 Å². The van der Waals surface area contributed by atoms with Crippen LogP contribution >= 0.6 is 11.3 Å². The summed E-state index contributed by atoms with van der Waals surface area (Å²) in [4.78, 5) is 10.5. The van der Waals surface area contributed by atoms with E-state index < -0.39 is 0 Å². The van der Waals surface area contributed by atoms with Gasteiger partial charge in [-0.3, -0.25) is 10.1 Å². The Balaban J connectivity index is 2.92. The molecule has 0 aliphatic carbocycles. The molecule has 72 valence electrons. The smallest absolute Gasteiger partial charge is 0.258 e. The van der Waals surface area contributed by atoms with Crippen molar-refractivity contribution in [3.63, 3.8) is 0 Å². The Morgan fingerprint density at radius 2 is 2.00 bits per heavy atom. The minimum absolute atomic E-state index is 0.212. The summed E-state index contributed by atoms with van der Waals surface area (Å²) in [6.45, 7) is 3.88. The lowest BCUT2D eigenvalue weighted by molar-refractivity contribution is -0.383. The molecule has 0 aliphatic rings. The molecule has 1 aromatic carbocycles. The molecule has 0 N–H and O–H groups in total. The molecule has 0 saturated heterocycles. The van der Waals surface area contributed by atoms with Crippen LogP contribution in [0.15, 0.2) is 17.5 Å². The molecule has 0 saturated carbocycles. The predicted molar refractivity (Wildman–Crippen MR) is 58.0 cm³/mol. The molecule has 0 atom stereocenters. The highest BCUT2D eigenvalue weighted by molar-refractivity contribution is 7.17. The van der Waals surface area contributed by atoms with Crippen molar-refractivity contribution in [2.75, 3.05) is 0 Å². The number of hydrogen-bond donors (Lipinski definition) is 0. The van der Waals surface area contributed by atoms with E-state index in [2.05, 4.69) is 0 Å². The molecular formula is C10H9NO2S. The van der Waals surface area contributed by atoms with E-state index in [0.29, 0.717) is 0 Å². The Kier molecular flexibility index (Phi) is 2.00. The molecule has 2 rings (SSSR count). The number of nitrogens with zero attached hydrogens (tertiary/aromatic N) is 1. The lowest BCUT2D eigenvalue weighted by atomic mass is 10.1. The maximum atomic E-state index is 10.8. The second kappa shape index (κ2) is 3.06. The Morgan fingerprint density at radius 1 is 1.29 bits per heavy atom. The van der Waals surface area contributed by atoms with E-state index in [1.165, 1.54) is 0 Å². The van der Waals surface area contributed by atoms with Gasteiger partial charge in [-0.05, 0) is 30.4 Å². The molecule has 4 heteroatoms. The second-order valence-electron chi connectivity index (χ2n) is 3.28. The van der Waals surface area contributed by atoms with Gasteiger partial charge in [0.25, 0.3) is 5.69 Å². The summed E-state index contributed by atoms with van der Waals surface area (Å²) in [5.74, 6) is 0. The third-order valence-electron chi connectivity index (χ3n) is 2.28. The first-order valence-corrected chi connectivity index (χ1v) is 5.11. The van der Waals surface area contributed by atoms with E-state index in [1.54, 1.807) is 23.5 Å². The van der Waals surface area contributed by atoms with Crippen LogP contribution in [-0.4, -0.2) is 4.92 Å². The summed E-state index contributed by atoms with van der Waals surface area (Å²) < 4.78 is 1.02. The second-order valence-corrected chi connectivity index (χ2v) is 4.16. The van der Waals surface area contributed by atoms with Crippen molar-refractivity contribution in [3.05, 3.63) is 38.8 Å². The van der Waals surface area contributed by atoms with Crippen molar-refractivity contribution in [2.24, 2.45) is 0 Å². The third kappa shape index (κ3) is 1.19. The molecule has 0 fully saturated rings. The van der Waals surface area contributed by atoms with Crippen LogP contribution in [0.5, 0.6) is 0 Å². The zero-order valence-corrected chi connectivity index (χ0v) is 8.72. The van der Waals surface area contributed by atoms with Gasteiger partial charge >= 0.3 is 0 Å². The molecule has 1 aromatic heterocycles. The number of aryl methyl sites for hydroxylation is 2. The van der Waals surface area contributed by atoms with E-state index in [0.717, 1.165) is 21.2 Å². The van der Waals surface area contributed by atoms with Gasteiger partial charge in [0.05, 0.1) is 10.3 Å². The highest BCUT2D eigenvalue weighted by Gasteiger charge is 2.16. The molecule has 0 unspecified atom stereocenters. The summed E-state index contributed by atoms with van der Waals surface area (Å²) >= 11 is 1.57. The van der Waals surface area contributed by atoms with Gasteiger partial charge in [0.15, 0.2) is 0 Å². The largest absolute Gasteiger partial charge is 0.278 e. The molecule has 14 heavy (non-hydrogen) atoms. The van der Waals surface area contributed by atoms with E-state index >= 15 is 0 Å². The van der Waals surface area contributed by atoms with E-state index in [4.69, 9.17) is 0 Å². The molecule has 1 heterocycles. The van der Waals surface area contributed by atoms with Crippen molar-refractivity contribution in [1.82, 2.24) is 0 Å². The van der Waals surface area contributed by atoms with Crippen LogP contribution in [0.1, 0.15) is 11.1 Å². The predicted octanol–water partition coefficient (Wildman–Crippen LogP) is 3.43. The highest BCUT2D eigenvalue weighted by atomic mass is 32.1. The van der Waals surface area contributed by atoms with Crippen molar-refractivity contribution >= 4 is 27.1 Å². The Morgan fingerprint density at radius 3 is 2.64 bits per heavy atom. The number of non-ortho nitro benzene ring substituents is 1. The highest BCUT2D eigenvalue weighted by Crippen LogP contribution is 2.35. The molecule has 0 aliphatic heterocycles. The van der Waals surface area contributed by atoms with Crippen LogP contribution in [-0.2, 0) is 0 Å². The zero-order chi connectivity index (χ0) is 10.3. The van der Waals surface area contributed by atoms with Crippen LogP contribution in [0.25, 0.3) is 10.1 Å². The minimum atomic E-state index is -0.318. The van der Waals surface area contributed by atoms with Crippen molar-refractivity contribution in [3.8, 4) is 0 Å². The standard InChI is InChI=1S/C10H9NO2S/c1-6-3-4-8(11(12)13)9-7(2)5-14-10(6)9/h3-5H,1-2H3. The zero-order valence-electron chi connectivity index (χ0n) is 7.90. The van der Waals surface area contributed by atoms with Gasteiger partial charge in [-0.1, -0.05) is 6.07 Å². The molecule has 0 radical (unpaired) electrons. The molecule has 3 nitrogen and oxygen atoms in total. The maximum absolute atomic E-state index is 10.8. The fraction of sp³-hybridized carbons (Fsp3) is 0.200. The van der Waals surface area contributed by atoms with Gasteiger partial charge in [0.1, 0.15) is 0 Å². The average molecular weight is 207 g/mol. The topological polar surface area (TPSA) is 43.1 Å². The lowest BCUT2D eigenvalue weighted by Gasteiger charge is -1.98. The number of thiophene rings is 1. The number of hydrogen-bond acceptors (Lipinski definition) is 3. The molecule has 0 spiro atoms. The normalized spacial score (nSPS) is 10.7. The fourth-order valence-electron chi connectivity index (χ4n) is 1.57. The number of nitro groups is 1. The monoisotopic (exact) mass is 207 g/mol. The van der Waals surface area contributed by atoms with Crippen LogP contribution in [0.2, 0.25) is 0 Å². The van der Waals surface area contributed by atoms with Gasteiger partial charge in [-0.2, -0.15) is 0 Å². The first-order chi connectivity index (χ1) is 6.61. The molecule has 0 amide bonds. The minimum Gasteiger partial charge on any atom is -0.258 e. The number of nitro benzene ring substituents is 1. The number of benzene rings is 1. The number of rotatable bonds is 1. The molecule has 2 aromatic rings. The average Bonchev–Trinajstić information content (AvgIpc) is 2.50. The van der Waals surface area contributed by atoms with E-state index in [1.807, 2.05) is 19.2 Å².